The number of rotatable bonds is 8. The largest absolute Gasteiger partial charge is 0.411 e. The molecule has 23 heavy (non-hydrogen) atoms. The summed E-state index contributed by atoms with van der Waals surface area (Å²) in [4.78, 5) is 26.4. The molecule has 0 saturated carbocycles. The van der Waals surface area contributed by atoms with Gasteiger partial charge in [0.25, 0.3) is 5.91 Å². The number of nitrogens with one attached hydrogen (secondary N) is 1. The van der Waals surface area contributed by atoms with Gasteiger partial charge in [-0.1, -0.05) is 19.0 Å². The molecule has 1 aromatic rings. The van der Waals surface area contributed by atoms with Crippen LogP contribution in [0.25, 0.3) is 0 Å². The van der Waals surface area contributed by atoms with Gasteiger partial charge in [0.05, 0.1) is 17.8 Å². The van der Waals surface area contributed by atoms with E-state index >= 15 is 0 Å². The van der Waals surface area contributed by atoms with E-state index in [-0.39, 0.29) is 23.1 Å². The van der Waals surface area contributed by atoms with Gasteiger partial charge in [-0.2, -0.15) is 0 Å². The normalized spacial score (nSPS) is 13.5. The maximum Gasteiger partial charge on any atom is 0.253 e. The van der Waals surface area contributed by atoms with Crippen molar-refractivity contribution in [3.05, 3.63) is 51.9 Å². The van der Waals surface area contributed by atoms with Crippen LogP contribution in [0.1, 0.15) is 37.0 Å². The standard InChI is InChI=1S/C15H20N4O4/c1-3-11(14(4-2)19(22)23)8-13(18-21)10-17-15(20)12-6-5-7-16-9-12/h5-9,14,21H,3-4,10H2,1-2H3,(H,17,20)/b11-8+,18-13+. The van der Waals surface area contributed by atoms with Crippen molar-refractivity contribution in [2.45, 2.75) is 32.7 Å². The Morgan fingerprint density at radius 1 is 1.57 bits per heavy atom. The van der Waals surface area contributed by atoms with Crippen molar-refractivity contribution in [2.24, 2.45) is 5.16 Å². The van der Waals surface area contributed by atoms with E-state index in [4.69, 9.17) is 5.21 Å². The molecule has 8 nitrogen and oxygen atoms in total. The number of amides is 1. The monoisotopic (exact) mass is 320 g/mol. The summed E-state index contributed by atoms with van der Waals surface area (Å²) in [6.07, 6.45) is 5.22. The molecule has 0 spiro atoms. The summed E-state index contributed by atoms with van der Waals surface area (Å²) in [5.41, 5.74) is 1.07. The number of carbonyl (C=O) groups excluding carboxylic acids is 1. The minimum atomic E-state index is -0.828. The molecular formula is C15H20N4O4. The molecule has 0 aromatic carbocycles. The number of nitro groups is 1. The quantitative estimate of drug-likeness (QED) is 0.329. The topological polar surface area (TPSA) is 118 Å². The van der Waals surface area contributed by atoms with Crippen LogP contribution in [0.3, 0.4) is 0 Å². The summed E-state index contributed by atoms with van der Waals surface area (Å²) in [5, 5.41) is 25.8. The summed E-state index contributed by atoms with van der Waals surface area (Å²) in [5.74, 6) is -0.369. The minimum Gasteiger partial charge on any atom is -0.411 e. The lowest BCUT2D eigenvalue weighted by Crippen LogP contribution is -2.30. The molecule has 0 saturated heterocycles. The van der Waals surface area contributed by atoms with Gasteiger partial charge in [0.2, 0.25) is 6.04 Å². The molecule has 8 heteroatoms. The number of nitrogens with zero attached hydrogens (tertiary/aromatic N) is 3. The summed E-state index contributed by atoms with van der Waals surface area (Å²) in [6, 6.07) is 2.41. The second kappa shape index (κ2) is 9.29. The van der Waals surface area contributed by atoms with Crippen LogP contribution in [-0.2, 0) is 0 Å². The van der Waals surface area contributed by atoms with Crippen LogP contribution in [0.2, 0.25) is 0 Å². The van der Waals surface area contributed by atoms with Crippen LogP contribution in [0.15, 0.2) is 41.3 Å². The van der Waals surface area contributed by atoms with Gasteiger partial charge >= 0.3 is 0 Å². The molecule has 0 aliphatic carbocycles. The van der Waals surface area contributed by atoms with E-state index in [9.17, 15) is 14.9 Å². The smallest absolute Gasteiger partial charge is 0.253 e. The van der Waals surface area contributed by atoms with Crippen LogP contribution in [0.4, 0.5) is 0 Å². The van der Waals surface area contributed by atoms with Crippen molar-refractivity contribution in [2.75, 3.05) is 6.54 Å². The van der Waals surface area contributed by atoms with Crippen molar-refractivity contribution in [1.29, 1.82) is 0 Å². The second-order valence-electron chi connectivity index (χ2n) is 4.80. The van der Waals surface area contributed by atoms with E-state index in [1.807, 2.05) is 0 Å². The molecule has 1 amide bonds. The Morgan fingerprint density at radius 3 is 2.78 bits per heavy atom. The summed E-state index contributed by atoms with van der Waals surface area (Å²) in [7, 11) is 0. The van der Waals surface area contributed by atoms with Crippen molar-refractivity contribution >= 4 is 11.6 Å². The zero-order valence-corrected chi connectivity index (χ0v) is 13.1. The van der Waals surface area contributed by atoms with Gasteiger partial charge in [0.15, 0.2) is 0 Å². The Kier molecular flexibility index (Phi) is 7.38. The molecule has 0 bridgehead atoms. The maximum atomic E-state index is 11.9. The molecule has 1 heterocycles. The molecule has 1 aromatic heterocycles. The van der Waals surface area contributed by atoms with Crippen LogP contribution in [-0.4, -0.2) is 39.3 Å². The molecule has 1 atom stereocenters. The van der Waals surface area contributed by atoms with E-state index in [1.165, 1.54) is 12.3 Å². The zero-order valence-electron chi connectivity index (χ0n) is 13.1. The highest BCUT2D eigenvalue weighted by molar-refractivity contribution is 6.01. The molecule has 0 radical (unpaired) electrons. The van der Waals surface area contributed by atoms with Crippen LogP contribution < -0.4 is 5.32 Å². The third-order valence-electron chi connectivity index (χ3n) is 3.31. The Bertz CT molecular complexity index is 599. The predicted molar refractivity (Wildman–Crippen MR) is 85.2 cm³/mol. The van der Waals surface area contributed by atoms with Crippen molar-refractivity contribution in [3.8, 4) is 0 Å². The number of hydrogen-bond acceptors (Lipinski definition) is 6. The lowest BCUT2D eigenvalue weighted by atomic mass is 10.0. The molecule has 0 fully saturated rings. The fraction of sp³-hybridized carbons (Fsp3) is 0.400. The molecule has 1 rings (SSSR count). The number of aromatic nitrogens is 1. The summed E-state index contributed by atoms with van der Waals surface area (Å²) >= 11 is 0. The van der Waals surface area contributed by atoms with Gasteiger partial charge < -0.3 is 10.5 Å². The van der Waals surface area contributed by atoms with Crippen LogP contribution in [0, 0.1) is 10.1 Å². The average Bonchev–Trinajstić information content (AvgIpc) is 2.57. The Morgan fingerprint density at radius 2 is 2.30 bits per heavy atom. The molecular weight excluding hydrogens is 300 g/mol. The molecule has 2 N–H and O–H groups in total. The van der Waals surface area contributed by atoms with Gasteiger partial charge in [0.1, 0.15) is 0 Å². The molecule has 0 aliphatic rings. The van der Waals surface area contributed by atoms with Gasteiger partial charge in [-0.25, -0.2) is 0 Å². The van der Waals surface area contributed by atoms with Gasteiger partial charge in [-0.3, -0.25) is 19.9 Å². The van der Waals surface area contributed by atoms with Crippen LogP contribution in [0.5, 0.6) is 0 Å². The highest BCUT2D eigenvalue weighted by atomic mass is 16.6. The highest BCUT2D eigenvalue weighted by Crippen LogP contribution is 2.14. The van der Waals surface area contributed by atoms with Gasteiger partial charge in [-0.05, 0) is 24.6 Å². The van der Waals surface area contributed by atoms with E-state index in [2.05, 4.69) is 15.5 Å². The number of hydrogen-bond donors (Lipinski definition) is 2. The van der Waals surface area contributed by atoms with Crippen molar-refractivity contribution in [1.82, 2.24) is 10.3 Å². The van der Waals surface area contributed by atoms with Gasteiger partial charge in [-0.15, -0.1) is 0 Å². The molecule has 0 aliphatic heterocycles. The first-order chi connectivity index (χ1) is 11.0. The first kappa shape index (κ1) is 18.3. The minimum absolute atomic E-state index is 0.0398. The predicted octanol–water partition coefficient (Wildman–Crippen LogP) is 2.03. The summed E-state index contributed by atoms with van der Waals surface area (Å²) in [6.45, 7) is 3.47. The first-order valence-corrected chi connectivity index (χ1v) is 7.26. The fourth-order valence-electron chi connectivity index (χ4n) is 2.08. The Labute approximate surface area is 134 Å². The number of pyridine rings is 1. The lowest BCUT2D eigenvalue weighted by molar-refractivity contribution is -0.512. The summed E-state index contributed by atoms with van der Waals surface area (Å²) < 4.78 is 0. The maximum absolute atomic E-state index is 11.9. The molecule has 1 unspecified atom stereocenters. The van der Waals surface area contributed by atoms with Gasteiger partial charge in [0, 0.05) is 29.3 Å². The van der Waals surface area contributed by atoms with E-state index in [0.29, 0.717) is 24.0 Å². The second-order valence-corrected chi connectivity index (χ2v) is 4.80. The van der Waals surface area contributed by atoms with E-state index in [1.54, 1.807) is 32.2 Å². The highest BCUT2D eigenvalue weighted by Gasteiger charge is 2.22. The SMILES string of the molecule is CC/C(=C\C(CNC(=O)c1cccnc1)=N/O)C(CC)[N+](=O)[O-]. The number of oxime groups is 1. The third-order valence-corrected chi connectivity index (χ3v) is 3.31. The van der Waals surface area contributed by atoms with Crippen molar-refractivity contribution in [3.63, 3.8) is 0 Å². The van der Waals surface area contributed by atoms with Crippen molar-refractivity contribution < 1.29 is 14.9 Å². The Balaban J connectivity index is 2.78. The fourth-order valence-corrected chi connectivity index (χ4v) is 2.08. The average molecular weight is 320 g/mol. The van der Waals surface area contributed by atoms with Crippen LogP contribution >= 0.6 is 0 Å². The Hall–Kier alpha value is -2.77. The zero-order chi connectivity index (χ0) is 17.2. The third kappa shape index (κ3) is 5.50. The van der Waals surface area contributed by atoms with E-state index < -0.39 is 6.04 Å². The number of carbonyl (C=O) groups is 1. The first-order valence-electron chi connectivity index (χ1n) is 7.26. The lowest BCUT2D eigenvalue weighted by Gasteiger charge is -2.11. The molecule has 124 valence electrons. The van der Waals surface area contributed by atoms with E-state index in [0.717, 1.165) is 0 Å².